The molecule has 0 aromatic heterocycles. The Morgan fingerprint density at radius 3 is 1.04 bits per heavy atom. The van der Waals surface area contributed by atoms with Crippen molar-refractivity contribution < 1.29 is 30.0 Å². The quantitative estimate of drug-likeness (QED) is 0.628. The summed E-state index contributed by atoms with van der Waals surface area (Å²) < 4.78 is 0. The van der Waals surface area contributed by atoms with Crippen LogP contribution in [0, 0.1) is 0 Å². The van der Waals surface area contributed by atoms with Gasteiger partial charge in [-0.1, -0.05) is 38.5 Å². The molecule has 136 valence electrons. The zero-order chi connectivity index (χ0) is 18.8. The van der Waals surface area contributed by atoms with E-state index in [9.17, 15) is 9.59 Å². The maximum atomic E-state index is 10.3. The van der Waals surface area contributed by atoms with Gasteiger partial charge in [0.05, 0.1) is 24.3 Å². The molecule has 0 radical (unpaired) electrons. The topological polar surface area (TPSA) is 115 Å². The van der Waals surface area contributed by atoms with Gasteiger partial charge in [-0.25, -0.2) is 9.59 Å². The van der Waals surface area contributed by atoms with E-state index < -0.39 is 11.9 Å². The Bertz CT molecular complexity index is 391. The van der Waals surface area contributed by atoms with E-state index in [0.29, 0.717) is 0 Å². The summed E-state index contributed by atoms with van der Waals surface area (Å²) in [5, 5.41) is 32.2. The van der Waals surface area contributed by atoms with E-state index in [2.05, 4.69) is 13.2 Å². The number of carbonyl (C=O) groups is 2. The number of aliphatic hydroxyl groups excluding tert-OH is 2. The predicted octanol–water partition coefficient (Wildman–Crippen LogP) is 3.20. The van der Waals surface area contributed by atoms with Gasteiger partial charge in [-0.15, -0.1) is 13.2 Å². The summed E-state index contributed by atoms with van der Waals surface area (Å²) in [5.41, 5.74) is 0.167. The van der Waals surface area contributed by atoms with Crippen LogP contribution >= 0.6 is 0 Å². The molecule has 1 aromatic carbocycles. The lowest BCUT2D eigenvalue weighted by molar-refractivity contribution is 0.0681. The summed E-state index contributed by atoms with van der Waals surface area (Å²) in [4.78, 5) is 20.7. The Hall–Kier alpha value is -2.18. The normalized spacial score (nSPS) is 12.1. The van der Waals surface area contributed by atoms with Crippen molar-refractivity contribution in [1.82, 2.24) is 0 Å². The fourth-order valence-corrected chi connectivity index (χ4v) is 1.82. The van der Waals surface area contributed by atoms with Crippen LogP contribution in [0.5, 0.6) is 0 Å². The largest absolute Gasteiger partial charge is 0.478 e. The molecule has 1 fully saturated rings. The molecule has 6 nitrogen and oxygen atoms in total. The van der Waals surface area contributed by atoms with E-state index in [4.69, 9.17) is 20.4 Å². The van der Waals surface area contributed by atoms with Crippen LogP contribution in [0.3, 0.4) is 0 Å². The summed E-state index contributed by atoms with van der Waals surface area (Å²) >= 11 is 0. The molecule has 0 aliphatic heterocycles. The molecule has 0 spiro atoms. The lowest BCUT2D eigenvalue weighted by atomic mass is 10.0. The van der Waals surface area contributed by atoms with Crippen LogP contribution in [0.25, 0.3) is 0 Å². The van der Waals surface area contributed by atoms with Crippen molar-refractivity contribution in [3.8, 4) is 0 Å². The molecular formula is C18H28O6. The third-order valence-corrected chi connectivity index (χ3v) is 2.98. The van der Waals surface area contributed by atoms with Crippen LogP contribution in [0.4, 0.5) is 0 Å². The number of aromatic carboxylic acids is 2. The van der Waals surface area contributed by atoms with E-state index in [1.165, 1.54) is 62.8 Å². The minimum absolute atomic E-state index is 0.0833. The first-order valence-corrected chi connectivity index (χ1v) is 7.81. The molecular weight excluding hydrogens is 312 g/mol. The molecule has 1 aliphatic rings. The average molecular weight is 340 g/mol. The van der Waals surface area contributed by atoms with Crippen LogP contribution in [-0.2, 0) is 0 Å². The van der Waals surface area contributed by atoms with Gasteiger partial charge in [0, 0.05) is 0 Å². The van der Waals surface area contributed by atoms with Gasteiger partial charge in [0.2, 0.25) is 0 Å². The maximum Gasteiger partial charge on any atom is 0.335 e. The van der Waals surface area contributed by atoms with Gasteiger partial charge in [0.25, 0.3) is 0 Å². The van der Waals surface area contributed by atoms with Gasteiger partial charge < -0.3 is 20.4 Å². The molecule has 6 heteroatoms. The molecule has 1 aromatic rings. The van der Waals surface area contributed by atoms with Crippen molar-refractivity contribution in [2.24, 2.45) is 0 Å². The summed E-state index contributed by atoms with van der Waals surface area (Å²) in [7, 11) is 0. The highest BCUT2D eigenvalue weighted by atomic mass is 16.4. The van der Waals surface area contributed by atoms with Crippen LogP contribution in [0.2, 0.25) is 0 Å². The van der Waals surface area contributed by atoms with E-state index in [0.717, 1.165) is 0 Å². The lowest BCUT2D eigenvalue weighted by Gasteiger charge is -2.05. The molecule has 2 rings (SSSR count). The van der Waals surface area contributed by atoms with E-state index >= 15 is 0 Å². The molecule has 24 heavy (non-hydrogen) atoms. The first-order chi connectivity index (χ1) is 11.5. The van der Waals surface area contributed by atoms with E-state index in [1.54, 1.807) is 0 Å². The van der Waals surface area contributed by atoms with Crippen molar-refractivity contribution in [3.05, 3.63) is 48.6 Å². The zero-order valence-electron chi connectivity index (χ0n) is 14.0. The number of hydrogen-bond acceptors (Lipinski definition) is 4. The monoisotopic (exact) mass is 340 g/mol. The molecule has 4 N–H and O–H groups in total. The number of aliphatic hydroxyl groups is 2. The second kappa shape index (κ2) is 17.2. The number of hydrogen-bond donors (Lipinski definition) is 4. The predicted molar refractivity (Wildman–Crippen MR) is 93.5 cm³/mol. The third kappa shape index (κ3) is 13.5. The van der Waals surface area contributed by atoms with Crippen LogP contribution in [-0.4, -0.2) is 45.6 Å². The first-order valence-electron chi connectivity index (χ1n) is 7.81. The summed E-state index contributed by atoms with van der Waals surface area (Å²) in [5.74, 6) is -2.13. The van der Waals surface area contributed by atoms with Gasteiger partial charge in [-0.2, -0.15) is 0 Å². The Balaban J connectivity index is 0. The standard InChI is InChI=1S/C8H6O4.C6H12.C2H6O2.C2H4/c9-7(10)5-1-2-6(4-3-5)8(11)12;1-2-4-6-5-3-1;3-1-2-4;1-2/h1-4H,(H,9,10)(H,11,12);1-6H2;3-4H,1-2H2;1-2H2. The van der Waals surface area contributed by atoms with Gasteiger partial charge in [0.15, 0.2) is 0 Å². The molecule has 1 aliphatic carbocycles. The summed E-state index contributed by atoms with van der Waals surface area (Å²) in [6.45, 7) is 5.75. The molecule has 0 unspecified atom stereocenters. The molecule has 0 bridgehead atoms. The van der Waals surface area contributed by atoms with Gasteiger partial charge in [-0.3, -0.25) is 0 Å². The molecule has 0 amide bonds. The fraction of sp³-hybridized carbons (Fsp3) is 0.444. The van der Waals surface area contributed by atoms with E-state index in [-0.39, 0.29) is 24.3 Å². The van der Waals surface area contributed by atoms with Crippen LogP contribution < -0.4 is 0 Å². The highest BCUT2D eigenvalue weighted by molar-refractivity contribution is 5.91. The van der Waals surface area contributed by atoms with Gasteiger partial charge in [0.1, 0.15) is 0 Å². The van der Waals surface area contributed by atoms with Crippen molar-refractivity contribution >= 4 is 11.9 Å². The smallest absolute Gasteiger partial charge is 0.335 e. The molecule has 0 atom stereocenters. The minimum Gasteiger partial charge on any atom is -0.478 e. The summed E-state index contributed by atoms with van der Waals surface area (Å²) in [6.07, 6.45) is 9.00. The highest BCUT2D eigenvalue weighted by Gasteiger charge is 2.04. The summed E-state index contributed by atoms with van der Waals surface area (Å²) in [6, 6.07) is 5.02. The lowest BCUT2D eigenvalue weighted by Crippen LogP contribution is -1.99. The SMILES string of the molecule is C1CCCCC1.C=C.O=C(O)c1ccc(C(=O)O)cc1.OCCO. The van der Waals surface area contributed by atoms with Gasteiger partial charge in [-0.05, 0) is 24.3 Å². The Morgan fingerprint density at radius 1 is 0.708 bits per heavy atom. The molecule has 1 saturated carbocycles. The zero-order valence-corrected chi connectivity index (χ0v) is 14.0. The Labute approximate surface area is 143 Å². The van der Waals surface area contributed by atoms with Crippen molar-refractivity contribution in [3.63, 3.8) is 0 Å². The van der Waals surface area contributed by atoms with Crippen molar-refractivity contribution in [2.75, 3.05) is 13.2 Å². The molecule has 0 saturated heterocycles. The molecule has 0 heterocycles. The third-order valence-electron chi connectivity index (χ3n) is 2.98. The van der Waals surface area contributed by atoms with Crippen LogP contribution in [0.15, 0.2) is 37.4 Å². The first kappa shape index (κ1) is 24.1. The number of carboxylic acid groups (broad SMARTS) is 2. The fourth-order valence-electron chi connectivity index (χ4n) is 1.82. The number of benzene rings is 1. The second-order valence-corrected chi connectivity index (χ2v) is 4.76. The second-order valence-electron chi connectivity index (χ2n) is 4.76. The average Bonchev–Trinajstić information content (AvgIpc) is 2.65. The number of carboxylic acids is 2. The van der Waals surface area contributed by atoms with Gasteiger partial charge >= 0.3 is 11.9 Å². The Kier molecular flexibility index (Phi) is 17.2. The van der Waals surface area contributed by atoms with Crippen molar-refractivity contribution in [1.29, 1.82) is 0 Å². The number of rotatable bonds is 3. The Morgan fingerprint density at radius 2 is 0.917 bits per heavy atom. The van der Waals surface area contributed by atoms with E-state index in [1.807, 2.05) is 0 Å². The highest BCUT2D eigenvalue weighted by Crippen LogP contribution is 2.15. The minimum atomic E-state index is -1.06. The maximum absolute atomic E-state index is 10.3. The van der Waals surface area contributed by atoms with Crippen LogP contribution in [0.1, 0.15) is 59.2 Å². The van der Waals surface area contributed by atoms with Crippen molar-refractivity contribution in [2.45, 2.75) is 38.5 Å².